The minimum absolute atomic E-state index is 0.464. The van der Waals surface area contributed by atoms with E-state index in [1.165, 1.54) is 0 Å². The Morgan fingerprint density at radius 3 is 1.90 bits per heavy atom. The van der Waals surface area contributed by atoms with E-state index in [-0.39, 0.29) is 0 Å². The van der Waals surface area contributed by atoms with E-state index in [1.807, 2.05) is 0 Å². The zero-order valence-corrected chi connectivity index (χ0v) is 9.43. The summed E-state index contributed by atoms with van der Waals surface area (Å²) in [5.41, 5.74) is -6.97. The SMILES string of the molecule is O=[N+]([O-])c1cccc(CC(F)(C(F)(F)F)C(F)(F)F)c1. The molecule has 0 heterocycles. The zero-order chi connectivity index (χ0) is 15.8. The number of rotatable bonds is 3. The Hall–Kier alpha value is -1.87. The summed E-state index contributed by atoms with van der Waals surface area (Å²) in [6.45, 7) is 0. The fourth-order valence-corrected chi connectivity index (χ4v) is 1.42. The van der Waals surface area contributed by atoms with Crippen LogP contribution in [-0.2, 0) is 6.42 Å². The van der Waals surface area contributed by atoms with E-state index in [4.69, 9.17) is 0 Å². The molecular weight excluding hydrogens is 299 g/mol. The Kier molecular flexibility index (Phi) is 3.97. The summed E-state index contributed by atoms with van der Waals surface area (Å²) in [5, 5.41) is 10.4. The molecule has 0 aromatic heterocycles. The summed E-state index contributed by atoms with van der Waals surface area (Å²) >= 11 is 0. The van der Waals surface area contributed by atoms with Gasteiger partial charge >= 0.3 is 18.0 Å². The first-order valence-electron chi connectivity index (χ1n) is 4.94. The van der Waals surface area contributed by atoms with Crippen LogP contribution < -0.4 is 0 Å². The number of non-ortho nitro benzene ring substituents is 1. The summed E-state index contributed by atoms with van der Waals surface area (Å²) in [7, 11) is 0. The molecule has 0 spiro atoms. The van der Waals surface area contributed by atoms with E-state index in [2.05, 4.69) is 0 Å². The van der Waals surface area contributed by atoms with Crippen LogP contribution >= 0.6 is 0 Å². The molecule has 0 aliphatic carbocycles. The molecule has 0 unspecified atom stereocenters. The molecule has 1 rings (SSSR count). The summed E-state index contributed by atoms with van der Waals surface area (Å²) in [5.74, 6) is 0. The van der Waals surface area contributed by atoms with Crippen molar-refractivity contribution in [1.29, 1.82) is 0 Å². The molecule has 0 aliphatic rings. The van der Waals surface area contributed by atoms with Crippen molar-refractivity contribution in [1.82, 2.24) is 0 Å². The topological polar surface area (TPSA) is 43.1 Å². The molecular formula is C10H6F7NO2. The van der Waals surface area contributed by atoms with E-state index < -0.39 is 40.6 Å². The average Bonchev–Trinajstić information content (AvgIpc) is 2.26. The second-order valence-corrected chi connectivity index (χ2v) is 3.90. The first kappa shape index (κ1) is 16.2. The number of alkyl halides is 7. The monoisotopic (exact) mass is 305 g/mol. The molecule has 0 saturated heterocycles. The third-order valence-electron chi connectivity index (χ3n) is 2.47. The molecule has 10 heteroatoms. The molecule has 0 radical (unpaired) electrons. The van der Waals surface area contributed by atoms with E-state index in [1.54, 1.807) is 0 Å². The minimum atomic E-state index is -6.18. The molecule has 0 fully saturated rings. The number of nitro groups is 1. The maximum Gasteiger partial charge on any atom is 0.431 e. The summed E-state index contributed by atoms with van der Waals surface area (Å²) in [6.07, 6.45) is -14.5. The molecule has 0 N–H and O–H groups in total. The van der Waals surface area contributed by atoms with Crippen LogP contribution in [0.25, 0.3) is 0 Å². The van der Waals surface area contributed by atoms with Gasteiger partial charge in [0.05, 0.1) is 4.92 Å². The molecule has 112 valence electrons. The van der Waals surface area contributed by atoms with Crippen molar-refractivity contribution in [3.63, 3.8) is 0 Å². The van der Waals surface area contributed by atoms with Crippen molar-refractivity contribution in [3.8, 4) is 0 Å². The van der Waals surface area contributed by atoms with Gasteiger partial charge in [-0.2, -0.15) is 26.3 Å². The Bertz CT molecular complexity index is 495. The first-order valence-corrected chi connectivity index (χ1v) is 4.94. The molecule has 0 bridgehead atoms. The Balaban J connectivity index is 3.22. The highest BCUT2D eigenvalue weighted by molar-refractivity contribution is 5.35. The molecule has 0 aliphatic heterocycles. The van der Waals surface area contributed by atoms with Crippen LogP contribution in [0.1, 0.15) is 5.56 Å². The number of halogens is 7. The maximum absolute atomic E-state index is 13.4. The Morgan fingerprint density at radius 1 is 1.00 bits per heavy atom. The molecule has 0 atom stereocenters. The summed E-state index contributed by atoms with van der Waals surface area (Å²) in [4.78, 5) is 9.37. The lowest BCUT2D eigenvalue weighted by Gasteiger charge is -2.29. The van der Waals surface area contributed by atoms with Crippen molar-refractivity contribution in [3.05, 3.63) is 39.9 Å². The number of nitro benzene ring substituents is 1. The fraction of sp³-hybridized carbons (Fsp3) is 0.400. The zero-order valence-electron chi connectivity index (χ0n) is 9.43. The van der Waals surface area contributed by atoms with Crippen molar-refractivity contribution in [2.75, 3.05) is 0 Å². The van der Waals surface area contributed by atoms with E-state index in [0.717, 1.165) is 18.2 Å². The summed E-state index contributed by atoms with van der Waals surface area (Å²) in [6, 6.07) is 2.95. The second-order valence-electron chi connectivity index (χ2n) is 3.90. The highest BCUT2D eigenvalue weighted by Crippen LogP contribution is 2.48. The largest absolute Gasteiger partial charge is 0.431 e. The lowest BCUT2D eigenvalue weighted by Crippen LogP contribution is -2.54. The van der Waals surface area contributed by atoms with Crippen LogP contribution in [0, 0.1) is 10.1 Å². The van der Waals surface area contributed by atoms with Crippen LogP contribution in [0.15, 0.2) is 24.3 Å². The van der Waals surface area contributed by atoms with Gasteiger partial charge < -0.3 is 0 Å². The van der Waals surface area contributed by atoms with Crippen LogP contribution in [0.3, 0.4) is 0 Å². The van der Waals surface area contributed by atoms with Gasteiger partial charge in [-0.25, -0.2) is 4.39 Å². The highest BCUT2D eigenvalue weighted by Gasteiger charge is 2.72. The predicted octanol–water partition coefficient (Wildman–Crippen LogP) is 3.97. The maximum atomic E-state index is 13.4. The lowest BCUT2D eigenvalue weighted by atomic mass is 9.94. The number of nitrogens with zero attached hydrogens (tertiary/aromatic N) is 1. The van der Waals surface area contributed by atoms with Crippen LogP contribution in [0.5, 0.6) is 0 Å². The average molecular weight is 305 g/mol. The molecule has 1 aromatic rings. The van der Waals surface area contributed by atoms with Crippen molar-refractivity contribution >= 4 is 5.69 Å². The fourth-order valence-electron chi connectivity index (χ4n) is 1.42. The van der Waals surface area contributed by atoms with Gasteiger partial charge in [0.25, 0.3) is 5.69 Å². The van der Waals surface area contributed by atoms with Gasteiger partial charge in [0, 0.05) is 18.6 Å². The molecule has 0 saturated carbocycles. The van der Waals surface area contributed by atoms with Gasteiger partial charge in [0.15, 0.2) is 0 Å². The van der Waals surface area contributed by atoms with Gasteiger partial charge in [-0.15, -0.1) is 0 Å². The van der Waals surface area contributed by atoms with Gasteiger partial charge in [-0.1, -0.05) is 12.1 Å². The van der Waals surface area contributed by atoms with Gasteiger partial charge in [-0.05, 0) is 5.56 Å². The summed E-state index contributed by atoms with van der Waals surface area (Å²) < 4.78 is 87.3. The normalized spacial score (nSPS) is 13.3. The van der Waals surface area contributed by atoms with E-state index in [0.29, 0.717) is 6.07 Å². The van der Waals surface area contributed by atoms with Crippen molar-refractivity contribution in [2.24, 2.45) is 0 Å². The third kappa shape index (κ3) is 2.99. The quantitative estimate of drug-likeness (QED) is 0.482. The molecule has 1 aromatic carbocycles. The van der Waals surface area contributed by atoms with Crippen molar-refractivity contribution < 1.29 is 35.7 Å². The smallest absolute Gasteiger partial charge is 0.258 e. The first-order chi connectivity index (χ1) is 8.88. The Labute approximate surface area is 107 Å². The number of benzene rings is 1. The number of hydrogen-bond donors (Lipinski definition) is 0. The number of hydrogen-bond acceptors (Lipinski definition) is 2. The Morgan fingerprint density at radius 2 is 1.50 bits per heavy atom. The van der Waals surface area contributed by atoms with Crippen LogP contribution in [0.4, 0.5) is 36.4 Å². The van der Waals surface area contributed by atoms with E-state index >= 15 is 0 Å². The molecule has 0 amide bonds. The predicted molar refractivity (Wildman–Crippen MR) is 52.7 cm³/mol. The van der Waals surface area contributed by atoms with Gasteiger partial charge in [0.1, 0.15) is 0 Å². The second kappa shape index (κ2) is 4.91. The van der Waals surface area contributed by atoms with Gasteiger partial charge in [0.2, 0.25) is 0 Å². The van der Waals surface area contributed by atoms with Crippen molar-refractivity contribution in [2.45, 2.75) is 24.4 Å². The van der Waals surface area contributed by atoms with E-state index in [9.17, 15) is 40.8 Å². The lowest BCUT2D eigenvalue weighted by molar-refractivity contribution is -0.385. The standard InChI is InChI=1S/C10H6F7NO2/c11-8(9(12,13)14,10(15,16)17)5-6-2-1-3-7(4-6)18(19)20/h1-4H,5H2. The third-order valence-corrected chi connectivity index (χ3v) is 2.47. The molecule has 3 nitrogen and oxygen atoms in total. The van der Waals surface area contributed by atoms with Crippen LogP contribution in [-0.4, -0.2) is 22.9 Å². The highest BCUT2D eigenvalue weighted by atomic mass is 19.4. The minimum Gasteiger partial charge on any atom is -0.258 e. The van der Waals surface area contributed by atoms with Gasteiger partial charge in [-0.3, -0.25) is 10.1 Å². The van der Waals surface area contributed by atoms with Crippen LogP contribution in [0.2, 0.25) is 0 Å². The molecule has 20 heavy (non-hydrogen) atoms.